The van der Waals surface area contributed by atoms with Crippen molar-refractivity contribution in [1.29, 1.82) is 0 Å². The normalized spacial score (nSPS) is 12.7. The lowest BCUT2D eigenvalue weighted by molar-refractivity contribution is 0.0991. The Hall–Kier alpha value is -7.32. The van der Waals surface area contributed by atoms with Gasteiger partial charge in [-0.15, -0.1) is 12.6 Å². The lowest BCUT2D eigenvalue weighted by Gasteiger charge is -2.21. The number of carbonyl (C=O) groups excluding carboxylic acids is 4. The summed E-state index contributed by atoms with van der Waals surface area (Å²) in [6.45, 7) is 3.59. The summed E-state index contributed by atoms with van der Waals surface area (Å²) in [5.74, 6) is 0.734. The van der Waals surface area contributed by atoms with E-state index in [1.54, 1.807) is 46.3 Å². The van der Waals surface area contributed by atoms with Gasteiger partial charge in [-0.2, -0.15) is 0 Å². The summed E-state index contributed by atoms with van der Waals surface area (Å²) in [6.07, 6.45) is 4.29. The van der Waals surface area contributed by atoms with Crippen LogP contribution < -0.4 is 41.4 Å². The van der Waals surface area contributed by atoms with Crippen LogP contribution in [0, 0.1) is 0 Å². The number of aromatic nitrogens is 6. The van der Waals surface area contributed by atoms with E-state index in [0.29, 0.717) is 40.6 Å². The molecule has 8 rings (SSSR count). The Bertz CT molecular complexity index is 3340. The Morgan fingerprint density at radius 1 is 0.545 bits per heavy atom. The highest BCUT2D eigenvalue weighted by molar-refractivity contribution is 8.04. The van der Waals surface area contributed by atoms with Crippen molar-refractivity contribution in [3.05, 3.63) is 135 Å². The number of rotatable bonds is 8. The SMILES string of the molecule is CCc1nc2c(c3c1C(=O)C(Sc1c(OC)cccc1OC)=CC3=O)c(=O)n(C)c(=O)n2C.CCc1nc2c(c3c1C(=O)C=CC3=O)c(=O)n(C)c(=O)n2C.COc1cccc(OC)c1S. The first-order chi connectivity index (χ1) is 31.4. The second kappa shape index (κ2) is 19.4. The van der Waals surface area contributed by atoms with Gasteiger partial charge in [-0.1, -0.05) is 37.7 Å². The predicted octanol–water partition coefficient (Wildman–Crippen LogP) is 4.39. The molecule has 66 heavy (non-hydrogen) atoms. The van der Waals surface area contributed by atoms with E-state index >= 15 is 0 Å². The average molecular weight is 937 g/mol. The first-order valence-electron chi connectivity index (χ1n) is 20.0. The maximum atomic E-state index is 13.6. The lowest BCUT2D eigenvalue weighted by Crippen LogP contribution is -2.39. The fourth-order valence-electron chi connectivity index (χ4n) is 7.42. The molecule has 0 aliphatic heterocycles. The van der Waals surface area contributed by atoms with E-state index in [9.17, 15) is 38.4 Å². The van der Waals surface area contributed by atoms with Crippen LogP contribution in [-0.2, 0) is 41.0 Å². The average Bonchev–Trinajstić information content (AvgIpc) is 3.33. The van der Waals surface area contributed by atoms with E-state index in [1.165, 1.54) is 63.7 Å². The number of ether oxygens (including phenoxy) is 4. The Morgan fingerprint density at radius 2 is 0.939 bits per heavy atom. The van der Waals surface area contributed by atoms with Gasteiger partial charge in [0.25, 0.3) is 11.1 Å². The van der Waals surface area contributed by atoms with Gasteiger partial charge in [-0.05, 0) is 49.3 Å². The third-order valence-corrected chi connectivity index (χ3v) is 12.4. The smallest absolute Gasteiger partial charge is 0.332 e. The predicted molar refractivity (Wildman–Crippen MR) is 250 cm³/mol. The summed E-state index contributed by atoms with van der Waals surface area (Å²) in [5.41, 5.74) is -1.15. The first-order valence-corrected chi connectivity index (χ1v) is 21.3. The third kappa shape index (κ3) is 8.28. The standard InChI is InChI=1S/C23H21N3O6S.C15H13N3O4.C8H10O2S/c1-6-11-16-17(18-21(24-11)25(2)23(30)26(3)22(18)29)12(27)10-15(19(16)28)33-20-13(31-4)8-7-9-14(20)32-5;1-4-7-10-8(19)5-6-9(20)11(10)12-13(16-7)17(2)15(22)18(3)14(12)21;1-9-6-4-3-5-7(10-2)8(6)11/h7-10H,6H2,1-5H3;5-6H,4H2,1-3H3;3-5,11H,1-2H3. The van der Waals surface area contributed by atoms with E-state index in [4.69, 9.17) is 18.9 Å². The van der Waals surface area contributed by atoms with E-state index in [1.807, 2.05) is 18.2 Å². The Balaban J connectivity index is 0.000000186. The van der Waals surface area contributed by atoms with Gasteiger partial charge in [0.1, 0.15) is 34.3 Å². The number of ketones is 4. The highest BCUT2D eigenvalue weighted by Crippen LogP contribution is 2.44. The number of pyridine rings is 2. The number of nitrogens with zero attached hydrogens (tertiary/aromatic N) is 6. The molecule has 2 aromatic carbocycles. The Labute approximate surface area is 385 Å². The van der Waals surface area contributed by atoms with Crippen LogP contribution in [0.5, 0.6) is 23.0 Å². The zero-order chi connectivity index (χ0) is 48.5. The van der Waals surface area contributed by atoms with Crippen LogP contribution in [0.15, 0.2) is 88.5 Å². The van der Waals surface area contributed by atoms with Gasteiger partial charge >= 0.3 is 11.4 Å². The monoisotopic (exact) mass is 936 g/mol. The van der Waals surface area contributed by atoms with E-state index in [0.717, 1.165) is 43.4 Å². The van der Waals surface area contributed by atoms with Gasteiger partial charge in [0, 0.05) is 34.3 Å². The topological polar surface area (TPSA) is 219 Å². The molecule has 0 spiro atoms. The summed E-state index contributed by atoms with van der Waals surface area (Å²) in [6, 6.07) is 10.7. The molecule has 0 atom stereocenters. The van der Waals surface area contributed by atoms with E-state index < -0.39 is 39.8 Å². The zero-order valence-corrected chi connectivity index (χ0v) is 39.3. The van der Waals surface area contributed by atoms with Crippen molar-refractivity contribution in [2.45, 2.75) is 36.5 Å². The summed E-state index contributed by atoms with van der Waals surface area (Å²) in [7, 11) is 11.8. The van der Waals surface area contributed by atoms with Gasteiger partial charge in [-0.3, -0.25) is 47.0 Å². The van der Waals surface area contributed by atoms with Crippen molar-refractivity contribution in [1.82, 2.24) is 28.2 Å². The molecule has 6 aromatic rings. The van der Waals surface area contributed by atoms with Crippen molar-refractivity contribution >= 4 is 69.6 Å². The van der Waals surface area contributed by atoms with Crippen LogP contribution >= 0.6 is 24.4 Å². The maximum Gasteiger partial charge on any atom is 0.332 e. The summed E-state index contributed by atoms with van der Waals surface area (Å²) in [5, 5.41) is -0.0279. The minimum absolute atomic E-state index is 0.0134. The van der Waals surface area contributed by atoms with Crippen LogP contribution in [0.4, 0.5) is 0 Å². The van der Waals surface area contributed by atoms with Gasteiger partial charge in [0.2, 0.25) is 5.78 Å². The highest BCUT2D eigenvalue weighted by atomic mass is 32.2. The zero-order valence-electron chi connectivity index (χ0n) is 37.5. The second-order valence-electron chi connectivity index (χ2n) is 14.5. The molecule has 4 heterocycles. The highest BCUT2D eigenvalue weighted by Gasteiger charge is 2.35. The van der Waals surface area contributed by atoms with Gasteiger partial charge in [0.05, 0.1) is 87.5 Å². The molecule has 2 aliphatic carbocycles. The molecule has 18 nitrogen and oxygen atoms in total. The molecule has 0 amide bonds. The molecule has 0 bridgehead atoms. The molecule has 4 aromatic heterocycles. The molecule has 0 saturated carbocycles. The molecule has 2 aliphatic rings. The molecule has 342 valence electrons. The second-order valence-corrected chi connectivity index (χ2v) is 16.0. The summed E-state index contributed by atoms with van der Waals surface area (Å²) < 4.78 is 25.1. The molecule has 0 unspecified atom stereocenters. The van der Waals surface area contributed by atoms with E-state index in [-0.39, 0.29) is 55.0 Å². The number of thioether (sulfide) groups is 1. The third-order valence-electron chi connectivity index (χ3n) is 10.8. The lowest BCUT2D eigenvalue weighted by atomic mass is 9.90. The quantitative estimate of drug-likeness (QED) is 0.209. The molecular formula is C46H44N6O12S2. The molecule has 0 N–H and O–H groups in total. The fourth-order valence-corrected chi connectivity index (χ4v) is 8.84. The summed E-state index contributed by atoms with van der Waals surface area (Å²) >= 11 is 5.28. The van der Waals surface area contributed by atoms with Crippen molar-refractivity contribution in [3.8, 4) is 23.0 Å². The largest absolute Gasteiger partial charge is 0.495 e. The van der Waals surface area contributed by atoms with Gasteiger partial charge < -0.3 is 18.9 Å². The number of aryl methyl sites for hydroxylation is 4. The number of allylic oxidation sites excluding steroid dienone is 4. The Kier molecular flexibility index (Phi) is 14.2. The van der Waals surface area contributed by atoms with Crippen molar-refractivity contribution < 1.29 is 38.1 Å². The molecule has 0 fully saturated rings. The number of Topliss-reactive ketones (excluding diaryl/α,β-unsaturated/α-hetero) is 1. The van der Waals surface area contributed by atoms with Crippen LogP contribution in [0.3, 0.4) is 0 Å². The Morgan fingerprint density at radius 3 is 1.36 bits per heavy atom. The van der Waals surface area contributed by atoms with Crippen LogP contribution in [-0.4, -0.2) is 79.8 Å². The van der Waals surface area contributed by atoms with Gasteiger partial charge in [-0.25, -0.2) is 19.6 Å². The van der Waals surface area contributed by atoms with Crippen LogP contribution in [0.1, 0.15) is 66.7 Å². The van der Waals surface area contributed by atoms with Crippen molar-refractivity contribution in [2.24, 2.45) is 28.2 Å². The minimum Gasteiger partial charge on any atom is -0.495 e. The number of fused-ring (bicyclic) bond motifs is 6. The molecule has 0 saturated heterocycles. The van der Waals surface area contributed by atoms with Crippen molar-refractivity contribution in [2.75, 3.05) is 28.4 Å². The van der Waals surface area contributed by atoms with Crippen molar-refractivity contribution in [3.63, 3.8) is 0 Å². The number of hydrogen-bond donors (Lipinski definition) is 1. The van der Waals surface area contributed by atoms with E-state index in [2.05, 4.69) is 22.6 Å². The number of carbonyl (C=O) groups is 4. The molecule has 20 heteroatoms. The first kappa shape index (κ1) is 48.1. The molecular weight excluding hydrogens is 893 g/mol. The number of thiol groups is 1. The minimum atomic E-state index is -0.670. The number of benzene rings is 2. The maximum absolute atomic E-state index is 13.6. The number of methoxy groups -OCH3 is 4. The van der Waals surface area contributed by atoms with Crippen LogP contribution in [0.25, 0.3) is 22.1 Å². The summed E-state index contributed by atoms with van der Waals surface area (Å²) in [4.78, 5) is 111. The van der Waals surface area contributed by atoms with Crippen LogP contribution in [0.2, 0.25) is 0 Å². The number of hydrogen-bond acceptors (Lipinski definition) is 16. The fraction of sp³-hybridized carbons (Fsp3) is 0.261. The molecule has 0 radical (unpaired) electrons. The van der Waals surface area contributed by atoms with Gasteiger partial charge in [0.15, 0.2) is 17.3 Å².